The number of aliphatic imine (C=N–C) groups is 1. The van der Waals surface area contributed by atoms with Crippen molar-refractivity contribution in [2.24, 2.45) is 16.8 Å². The fraction of sp³-hybridized carbons (Fsp3) is 0.439. The number of fused-ring (bicyclic) bond motifs is 3. The number of pyridine rings is 3. The van der Waals surface area contributed by atoms with Gasteiger partial charge in [-0.1, -0.05) is 26.1 Å². The molecule has 0 bridgehead atoms. The number of allylic oxidation sites excluding steroid dienone is 1. The lowest BCUT2D eigenvalue weighted by Gasteiger charge is -2.44. The van der Waals surface area contributed by atoms with Crippen LogP contribution in [0.5, 0.6) is 0 Å². The molecule has 5 atom stereocenters. The van der Waals surface area contributed by atoms with Gasteiger partial charge in [-0.3, -0.25) is 25.1 Å². The van der Waals surface area contributed by atoms with Gasteiger partial charge in [0.15, 0.2) is 0 Å². The predicted octanol–water partition coefficient (Wildman–Crippen LogP) is 10.7. The molecule has 4 saturated heterocycles. The van der Waals surface area contributed by atoms with Crippen LogP contribution in [0.15, 0.2) is 103 Å². The van der Waals surface area contributed by atoms with E-state index in [1.54, 1.807) is 18.5 Å². The summed E-state index contributed by atoms with van der Waals surface area (Å²) in [6.07, 6.45) is 18.2. The largest absolute Gasteiger partial charge is 0.384 e. The third-order valence-corrected chi connectivity index (χ3v) is 19.2. The van der Waals surface area contributed by atoms with Gasteiger partial charge in [-0.05, 0) is 198 Å². The molecule has 0 radical (unpaired) electrons. The zero-order valence-electron chi connectivity index (χ0n) is 43.5. The van der Waals surface area contributed by atoms with Crippen LogP contribution in [0.3, 0.4) is 0 Å². The zero-order valence-corrected chi connectivity index (χ0v) is 49.9. The first-order valence-electron chi connectivity index (χ1n) is 26.3. The van der Waals surface area contributed by atoms with Crippen molar-refractivity contribution >= 4 is 119 Å². The molecule has 0 saturated carbocycles. The van der Waals surface area contributed by atoms with E-state index in [4.69, 9.17) is 41.1 Å². The SMILES string of the molecule is C=CC(=N)N1CC(CN(C)C2=N/C(=C\CC34CCCN3C(c3ccc(I)c5c(-c6cc7ncnc(N(C)[C@@H]8CCN(C(=O)C=C)C8)c7cn6)nccc35)CC4)NC3=C2CC(C)C(c2nc(N)cc(C)c2C(F)(I)I)C3)C1. The van der Waals surface area contributed by atoms with Crippen molar-refractivity contribution in [1.29, 1.82) is 5.41 Å². The number of hydrogen-bond acceptors (Lipinski definition) is 13. The average Bonchev–Trinajstić information content (AvgIpc) is 4.14. The van der Waals surface area contributed by atoms with Gasteiger partial charge >= 0.3 is 0 Å². The van der Waals surface area contributed by atoms with Crippen molar-refractivity contribution in [2.75, 3.05) is 64.0 Å². The van der Waals surface area contributed by atoms with Gasteiger partial charge in [-0.2, -0.15) is 0 Å². The number of nitrogens with two attached hydrogens (primary N) is 1. The van der Waals surface area contributed by atoms with Gasteiger partial charge in [-0.25, -0.2) is 24.3 Å². The number of likely N-dealkylation sites (tertiary alicyclic amines) is 2. The Balaban J connectivity index is 0.877. The maximum absolute atomic E-state index is 16.1. The summed E-state index contributed by atoms with van der Waals surface area (Å²) in [4.78, 5) is 53.3. The van der Waals surface area contributed by atoms with Crippen LogP contribution in [0.2, 0.25) is 0 Å². The second-order valence-corrected chi connectivity index (χ2v) is 28.0. The summed E-state index contributed by atoms with van der Waals surface area (Å²) in [5.74, 6) is 3.98. The summed E-state index contributed by atoms with van der Waals surface area (Å²) in [6, 6.07) is 10.9. The quantitative estimate of drug-likeness (QED) is 0.0356. The number of alkyl halides is 3. The van der Waals surface area contributed by atoms with E-state index in [0.29, 0.717) is 42.6 Å². The number of aryl methyl sites for hydroxylation is 1. The summed E-state index contributed by atoms with van der Waals surface area (Å²) in [5, 5.41) is 15.3. The lowest BCUT2D eigenvalue weighted by molar-refractivity contribution is -0.125. The van der Waals surface area contributed by atoms with E-state index in [9.17, 15) is 4.79 Å². The van der Waals surface area contributed by atoms with Crippen molar-refractivity contribution in [3.05, 3.63) is 123 Å². The Bertz CT molecular complexity index is 3300. The molecule has 6 aliphatic rings. The van der Waals surface area contributed by atoms with Gasteiger partial charge in [-0.15, -0.1) is 0 Å². The Morgan fingerprint density at radius 1 is 1.03 bits per heavy atom. The van der Waals surface area contributed by atoms with Crippen molar-refractivity contribution in [3.63, 3.8) is 0 Å². The first kappa shape index (κ1) is 53.1. The van der Waals surface area contributed by atoms with E-state index in [1.165, 1.54) is 22.6 Å². The molecule has 1 aromatic carbocycles. The number of amides is 1. The number of carbonyl (C=O) groups excluding carboxylic acids is 1. The van der Waals surface area contributed by atoms with Gasteiger partial charge in [0.05, 0.1) is 28.0 Å². The third kappa shape index (κ3) is 9.78. The number of rotatable bonds is 12. The van der Waals surface area contributed by atoms with Crippen LogP contribution < -0.4 is 16.0 Å². The molecule has 396 valence electrons. The Morgan fingerprint density at radius 2 is 1.84 bits per heavy atom. The van der Waals surface area contributed by atoms with Gasteiger partial charge in [0.2, 0.25) is 7.59 Å². The molecule has 5 aromatic rings. The number of nitrogens with one attached hydrogen (secondary N) is 2. The Hall–Kier alpha value is -4.88. The van der Waals surface area contributed by atoms with Crippen molar-refractivity contribution in [3.8, 4) is 11.4 Å². The van der Waals surface area contributed by atoms with Gasteiger partial charge < -0.3 is 30.7 Å². The summed E-state index contributed by atoms with van der Waals surface area (Å²) >= 11 is 6.22. The van der Waals surface area contributed by atoms with Crippen LogP contribution in [0.1, 0.15) is 92.6 Å². The topological polar surface area (TPSA) is 172 Å². The molecule has 4 fully saturated rings. The number of carbonyl (C=O) groups is 1. The first-order valence-corrected chi connectivity index (χ1v) is 29.6. The fourth-order valence-electron chi connectivity index (χ4n) is 13.4. The number of likely N-dealkylation sites (N-methyl/N-ethyl adjacent to an activating group) is 2. The third-order valence-electron chi connectivity index (χ3n) is 17.2. The number of amidine groups is 2. The first-order chi connectivity index (χ1) is 36.4. The van der Waals surface area contributed by atoms with Crippen molar-refractivity contribution in [1.82, 2.24) is 49.8 Å². The van der Waals surface area contributed by atoms with Gasteiger partial charge in [0, 0.05) is 114 Å². The molecular weight excluding hydrogens is 1300 g/mol. The monoisotopic (exact) mass is 1360 g/mol. The Labute approximate surface area is 485 Å². The number of halogens is 4. The Kier molecular flexibility index (Phi) is 14.7. The standard InChI is InChI=1S/C57H64FI3N14O/c1-7-47(63)74-28-34(29-74)27-71(5)55-39-22-32(3)38(52-51(57(58,60)61)33(4)23-46(62)69-52)24-43(39)68-48(70-55)13-18-56-16-9-20-75(56)45(12-17-56)36-10-11-41(59)50-37(36)14-19-64-53(50)44-25-42-40(26-65-44)54(67-31-66-42)72(6)35-15-21-73(30-35)49(76)8-2/h7-8,10-11,13-14,19,23,25-26,31-32,34-35,38,45,63,68H,1-2,9,12,15-18,20-22,24,27-30H2,3-6H3,(H2,62,69)/b48-13-,63-47?/t32?,35-,38?,45?,56?/m1/s1. The zero-order chi connectivity index (χ0) is 53.4. The highest BCUT2D eigenvalue weighted by Crippen LogP contribution is 2.53. The number of hydrogen-bond donors (Lipinski definition) is 3. The molecule has 5 aliphatic heterocycles. The molecule has 4 unspecified atom stereocenters. The van der Waals surface area contributed by atoms with E-state index < -0.39 is 1.68 Å². The highest BCUT2D eigenvalue weighted by atomic mass is 127. The van der Waals surface area contributed by atoms with Gasteiger partial charge in [0.1, 0.15) is 35.5 Å². The number of aromatic nitrogens is 5. The molecule has 11 rings (SSSR count). The molecule has 4 aromatic heterocycles. The second-order valence-electron chi connectivity index (χ2n) is 21.8. The molecule has 4 N–H and O–H groups in total. The van der Waals surface area contributed by atoms with Crippen LogP contribution in [0.25, 0.3) is 33.1 Å². The number of nitrogen functional groups attached to an aromatic ring is 1. The Morgan fingerprint density at radius 3 is 2.62 bits per heavy atom. The maximum atomic E-state index is 16.1. The average molecular weight is 1360 g/mol. The normalized spacial score (nSPS) is 24.4. The lowest BCUT2D eigenvalue weighted by atomic mass is 9.75. The molecule has 76 heavy (non-hydrogen) atoms. The second kappa shape index (κ2) is 21.1. The highest BCUT2D eigenvalue weighted by Gasteiger charge is 2.49. The van der Waals surface area contributed by atoms with Crippen LogP contribution in [-0.4, -0.2) is 127 Å². The molecular formula is C57H64FI3N14O. The lowest BCUT2D eigenvalue weighted by Crippen LogP contribution is -2.53. The van der Waals surface area contributed by atoms with Crippen LogP contribution >= 0.6 is 67.8 Å². The minimum Gasteiger partial charge on any atom is -0.384 e. The summed E-state index contributed by atoms with van der Waals surface area (Å²) in [5.41, 5.74) is 14.6. The molecule has 19 heteroatoms. The maximum Gasteiger partial charge on any atom is 0.246 e. The number of nitrogens with zero attached hydrogens (tertiary/aromatic N) is 11. The molecule has 1 amide bonds. The number of benzene rings is 1. The van der Waals surface area contributed by atoms with Crippen molar-refractivity contribution in [2.45, 2.75) is 90.4 Å². The van der Waals surface area contributed by atoms with Gasteiger partial charge in [0.25, 0.3) is 0 Å². The smallest absolute Gasteiger partial charge is 0.246 e. The summed E-state index contributed by atoms with van der Waals surface area (Å²) in [6.45, 7) is 16.4. The molecule has 0 spiro atoms. The fourth-order valence-corrected chi connectivity index (χ4v) is 15.5. The minimum absolute atomic E-state index is 0.0270. The van der Waals surface area contributed by atoms with E-state index in [2.05, 4.69) is 98.9 Å². The van der Waals surface area contributed by atoms with Crippen LogP contribution in [0.4, 0.5) is 16.0 Å². The highest BCUT2D eigenvalue weighted by molar-refractivity contribution is 14.2. The van der Waals surface area contributed by atoms with Crippen molar-refractivity contribution < 1.29 is 9.18 Å². The minimum atomic E-state index is -1.64. The van der Waals surface area contributed by atoms with Crippen LogP contribution in [-0.2, 0) is 6.48 Å². The summed E-state index contributed by atoms with van der Waals surface area (Å²) < 4.78 is 15.6. The predicted molar refractivity (Wildman–Crippen MR) is 326 cm³/mol. The van der Waals surface area contributed by atoms with E-state index >= 15 is 4.39 Å². The van der Waals surface area contributed by atoms with E-state index in [1.807, 2.05) is 82.5 Å². The van der Waals surface area contributed by atoms with Crippen LogP contribution in [0, 0.1) is 27.7 Å². The molecule has 15 nitrogen and oxygen atoms in total. The molecule has 9 heterocycles. The molecule has 1 aliphatic carbocycles. The summed E-state index contributed by atoms with van der Waals surface area (Å²) in [7, 11) is 4.18. The van der Waals surface area contributed by atoms with E-state index in [0.717, 1.165) is 137 Å². The number of anilines is 2. The van der Waals surface area contributed by atoms with E-state index in [-0.39, 0.29) is 35.4 Å².